The van der Waals surface area contributed by atoms with Gasteiger partial charge >= 0.3 is 6.18 Å². The Balaban J connectivity index is 1.80. The van der Waals surface area contributed by atoms with Gasteiger partial charge in [-0.05, 0) is 30.3 Å². The van der Waals surface area contributed by atoms with Crippen LogP contribution < -0.4 is 4.90 Å². The lowest BCUT2D eigenvalue weighted by Gasteiger charge is -2.23. The van der Waals surface area contributed by atoms with Crippen LogP contribution in [0, 0.1) is 0 Å². The quantitative estimate of drug-likeness (QED) is 0.623. The minimum absolute atomic E-state index is 0.0190. The van der Waals surface area contributed by atoms with Gasteiger partial charge < -0.3 is 15.1 Å². The zero-order chi connectivity index (χ0) is 21.7. The van der Waals surface area contributed by atoms with E-state index in [0.29, 0.717) is 11.5 Å². The summed E-state index contributed by atoms with van der Waals surface area (Å²) in [5.74, 6) is -0.470. The Morgan fingerprint density at radius 3 is 2.53 bits per heavy atom. The molecule has 3 heterocycles. The van der Waals surface area contributed by atoms with Gasteiger partial charge in [0.25, 0.3) is 6.43 Å². The van der Waals surface area contributed by atoms with Crippen molar-refractivity contribution in [3.8, 4) is 17.0 Å². The van der Waals surface area contributed by atoms with E-state index in [0.717, 1.165) is 12.1 Å². The highest BCUT2D eigenvalue weighted by atomic mass is 19.4. The van der Waals surface area contributed by atoms with Crippen molar-refractivity contribution in [2.24, 2.45) is 0 Å². The van der Waals surface area contributed by atoms with Crippen molar-refractivity contribution in [1.29, 1.82) is 0 Å². The SMILES string of the molecule is Oc1cc(C(F)(F)F)ccc1-c1nnc(N2CC[C@@](O)(C(F)F)C2)c2ncccc12. The van der Waals surface area contributed by atoms with Gasteiger partial charge in [-0.15, -0.1) is 10.2 Å². The van der Waals surface area contributed by atoms with E-state index in [9.17, 15) is 32.2 Å². The van der Waals surface area contributed by atoms with Gasteiger partial charge in [0.2, 0.25) is 0 Å². The van der Waals surface area contributed by atoms with Gasteiger partial charge in [-0.25, -0.2) is 8.78 Å². The summed E-state index contributed by atoms with van der Waals surface area (Å²) in [6.45, 7) is -0.262. The van der Waals surface area contributed by atoms with Crippen molar-refractivity contribution >= 4 is 16.7 Å². The summed E-state index contributed by atoms with van der Waals surface area (Å²) in [4.78, 5) is 5.65. The van der Waals surface area contributed by atoms with Crippen LogP contribution >= 0.6 is 0 Å². The topological polar surface area (TPSA) is 82.4 Å². The van der Waals surface area contributed by atoms with Crippen molar-refractivity contribution in [3.63, 3.8) is 0 Å². The average molecular weight is 426 g/mol. The molecule has 6 nitrogen and oxygen atoms in total. The van der Waals surface area contributed by atoms with Crippen molar-refractivity contribution in [1.82, 2.24) is 15.2 Å². The van der Waals surface area contributed by atoms with E-state index in [1.807, 2.05) is 0 Å². The Morgan fingerprint density at radius 1 is 1.13 bits per heavy atom. The van der Waals surface area contributed by atoms with E-state index in [-0.39, 0.29) is 42.1 Å². The fraction of sp³-hybridized carbons (Fsp3) is 0.316. The summed E-state index contributed by atoms with van der Waals surface area (Å²) >= 11 is 0. The molecule has 0 spiro atoms. The number of hydrogen-bond donors (Lipinski definition) is 2. The first kappa shape index (κ1) is 20.2. The lowest BCUT2D eigenvalue weighted by molar-refractivity contribution is -0.137. The smallest absolute Gasteiger partial charge is 0.416 e. The number of phenolic OH excluding ortho intramolecular Hbond substituents is 1. The van der Waals surface area contributed by atoms with Gasteiger partial charge in [-0.2, -0.15) is 13.2 Å². The first-order valence-electron chi connectivity index (χ1n) is 8.87. The molecule has 1 saturated heterocycles. The number of aromatic hydroxyl groups is 1. The molecular weight excluding hydrogens is 411 g/mol. The Labute approximate surface area is 166 Å². The number of aliphatic hydroxyl groups is 1. The summed E-state index contributed by atoms with van der Waals surface area (Å²) in [6, 6.07) is 5.65. The first-order chi connectivity index (χ1) is 14.1. The molecule has 0 saturated carbocycles. The van der Waals surface area contributed by atoms with E-state index in [2.05, 4.69) is 15.2 Å². The van der Waals surface area contributed by atoms with Gasteiger partial charge in [0.15, 0.2) is 5.82 Å². The number of nitrogens with zero attached hydrogens (tertiary/aromatic N) is 4. The zero-order valence-corrected chi connectivity index (χ0v) is 15.2. The number of phenols is 1. The van der Waals surface area contributed by atoms with Crippen LogP contribution in [0.5, 0.6) is 5.75 Å². The number of pyridine rings is 1. The molecular formula is C19H15F5N4O2. The minimum Gasteiger partial charge on any atom is -0.507 e. The van der Waals surface area contributed by atoms with Crippen molar-refractivity contribution in [2.75, 3.05) is 18.0 Å². The lowest BCUT2D eigenvalue weighted by Crippen LogP contribution is -2.40. The summed E-state index contributed by atoms with van der Waals surface area (Å²) in [7, 11) is 0. The van der Waals surface area contributed by atoms with E-state index >= 15 is 0 Å². The number of aromatic nitrogens is 3. The third kappa shape index (κ3) is 3.38. The number of rotatable bonds is 3. The molecule has 2 aromatic heterocycles. The molecule has 1 aliphatic rings. The average Bonchev–Trinajstić information content (AvgIpc) is 3.10. The Bertz CT molecular complexity index is 1110. The maximum absolute atomic E-state index is 13.1. The second kappa shape index (κ2) is 7.01. The summed E-state index contributed by atoms with van der Waals surface area (Å²) in [6.07, 6.45) is -6.27. The van der Waals surface area contributed by atoms with Crippen LogP contribution in [0.15, 0.2) is 36.5 Å². The summed E-state index contributed by atoms with van der Waals surface area (Å²) in [5.41, 5.74) is -2.81. The van der Waals surface area contributed by atoms with Crippen LogP contribution in [-0.4, -0.2) is 50.5 Å². The number of β-amino-alcohol motifs (C(OH)–C–C–N with tert-alkyl or cyclic N) is 1. The monoisotopic (exact) mass is 426 g/mol. The third-order valence-electron chi connectivity index (χ3n) is 5.08. The van der Waals surface area contributed by atoms with E-state index in [1.54, 1.807) is 12.1 Å². The molecule has 0 radical (unpaired) electrons. The molecule has 0 bridgehead atoms. The summed E-state index contributed by atoms with van der Waals surface area (Å²) in [5, 5.41) is 28.6. The fourth-order valence-electron chi connectivity index (χ4n) is 3.47. The molecule has 158 valence electrons. The number of benzene rings is 1. The minimum atomic E-state index is -4.62. The molecule has 2 N–H and O–H groups in total. The van der Waals surface area contributed by atoms with Crippen LogP contribution in [0.4, 0.5) is 27.8 Å². The molecule has 1 aliphatic heterocycles. The molecule has 0 amide bonds. The zero-order valence-electron chi connectivity index (χ0n) is 15.2. The molecule has 11 heteroatoms. The number of fused-ring (bicyclic) bond motifs is 1. The normalized spacial score (nSPS) is 19.8. The van der Waals surface area contributed by atoms with Gasteiger partial charge in [-0.3, -0.25) is 4.98 Å². The van der Waals surface area contributed by atoms with Crippen molar-refractivity contribution in [3.05, 3.63) is 42.1 Å². The highest BCUT2D eigenvalue weighted by molar-refractivity contribution is 5.98. The van der Waals surface area contributed by atoms with Gasteiger partial charge in [-0.1, -0.05) is 0 Å². The van der Waals surface area contributed by atoms with Crippen LogP contribution in [0.2, 0.25) is 0 Å². The van der Waals surface area contributed by atoms with Crippen molar-refractivity contribution in [2.45, 2.75) is 24.6 Å². The highest BCUT2D eigenvalue weighted by Gasteiger charge is 2.45. The molecule has 1 aromatic carbocycles. The molecule has 1 fully saturated rings. The first-order valence-corrected chi connectivity index (χ1v) is 8.87. The molecule has 3 aromatic rings. The molecule has 4 rings (SSSR count). The molecule has 0 unspecified atom stereocenters. The van der Waals surface area contributed by atoms with Crippen LogP contribution in [0.3, 0.4) is 0 Å². The number of hydrogen-bond acceptors (Lipinski definition) is 6. The molecule has 30 heavy (non-hydrogen) atoms. The van der Waals surface area contributed by atoms with Crippen molar-refractivity contribution < 1.29 is 32.2 Å². The predicted molar refractivity (Wildman–Crippen MR) is 97.2 cm³/mol. The standard InChI is InChI=1S/C19H15F5N4O2/c20-17(21)18(30)5-7-28(9-18)16-15-12(2-1-6-25-15)14(26-27-16)11-4-3-10(8-13(11)29)19(22,23)24/h1-4,6,8,17,29-30H,5,7,9H2/t18-/m0/s1. The van der Waals surface area contributed by atoms with E-state index < -0.39 is 29.5 Å². The summed E-state index contributed by atoms with van der Waals surface area (Å²) < 4.78 is 64.9. The molecule has 0 aliphatic carbocycles. The van der Waals surface area contributed by atoms with Gasteiger partial charge in [0.1, 0.15) is 22.6 Å². The molecule has 1 atom stereocenters. The number of halogens is 5. The van der Waals surface area contributed by atoms with Gasteiger partial charge in [0.05, 0.1) is 12.1 Å². The maximum atomic E-state index is 13.1. The maximum Gasteiger partial charge on any atom is 0.416 e. The second-order valence-electron chi connectivity index (χ2n) is 7.08. The predicted octanol–water partition coefficient (Wildman–Crippen LogP) is 3.62. The highest BCUT2D eigenvalue weighted by Crippen LogP contribution is 2.39. The third-order valence-corrected chi connectivity index (χ3v) is 5.08. The Morgan fingerprint density at radius 2 is 1.90 bits per heavy atom. The van der Waals surface area contributed by atoms with Crippen LogP contribution in [0.25, 0.3) is 22.2 Å². The van der Waals surface area contributed by atoms with E-state index in [4.69, 9.17) is 0 Å². The number of anilines is 1. The largest absolute Gasteiger partial charge is 0.507 e. The Kier molecular flexibility index (Phi) is 4.72. The van der Waals surface area contributed by atoms with Crippen LogP contribution in [0.1, 0.15) is 12.0 Å². The van der Waals surface area contributed by atoms with Gasteiger partial charge in [0, 0.05) is 30.1 Å². The fourth-order valence-corrected chi connectivity index (χ4v) is 3.47. The Hall–Kier alpha value is -3.08. The lowest BCUT2D eigenvalue weighted by atomic mass is 10.0. The van der Waals surface area contributed by atoms with E-state index in [1.165, 1.54) is 11.1 Å². The second-order valence-corrected chi connectivity index (χ2v) is 7.08. The number of alkyl halides is 5. The van der Waals surface area contributed by atoms with Crippen LogP contribution in [-0.2, 0) is 6.18 Å².